The van der Waals surface area contributed by atoms with E-state index in [1.165, 1.54) is 19.3 Å². The topological polar surface area (TPSA) is 79.8 Å². The van der Waals surface area contributed by atoms with Crippen molar-refractivity contribution in [1.29, 1.82) is 0 Å². The van der Waals surface area contributed by atoms with Crippen LogP contribution < -0.4 is 10.6 Å². The number of nitrogens with zero attached hydrogens (tertiary/aromatic N) is 3. The average molecular weight is 325 g/mol. The molecule has 0 saturated heterocycles. The first-order valence-corrected chi connectivity index (χ1v) is 8.50. The van der Waals surface area contributed by atoms with Crippen LogP contribution in [0.15, 0.2) is 30.6 Å². The van der Waals surface area contributed by atoms with Crippen LogP contribution in [0.25, 0.3) is 0 Å². The van der Waals surface area contributed by atoms with Crippen molar-refractivity contribution >= 4 is 11.7 Å². The molecule has 126 valence electrons. The van der Waals surface area contributed by atoms with E-state index in [1.54, 1.807) is 18.5 Å². The first-order chi connectivity index (χ1) is 11.7. The number of carbonyl (C=O) groups is 1. The van der Waals surface area contributed by atoms with Crippen LogP contribution >= 0.6 is 0 Å². The van der Waals surface area contributed by atoms with Crippen molar-refractivity contribution in [3.05, 3.63) is 47.7 Å². The monoisotopic (exact) mass is 325 g/mol. The van der Waals surface area contributed by atoms with Gasteiger partial charge in [-0.2, -0.15) is 0 Å². The molecule has 1 aliphatic rings. The van der Waals surface area contributed by atoms with Crippen LogP contribution in [-0.2, 0) is 6.54 Å². The van der Waals surface area contributed by atoms with E-state index in [9.17, 15) is 4.79 Å². The first-order valence-electron chi connectivity index (χ1n) is 8.50. The van der Waals surface area contributed by atoms with Gasteiger partial charge in [-0.05, 0) is 31.4 Å². The van der Waals surface area contributed by atoms with E-state index in [1.807, 2.05) is 19.1 Å². The summed E-state index contributed by atoms with van der Waals surface area (Å²) in [6.07, 6.45) is 9.57. The number of hydrogen-bond donors (Lipinski definition) is 2. The normalized spacial score (nSPS) is 15.0. The molecule has 0 bridgehead atoms. The van der Waals surface area contributed by atoms with Crippen LogP contribution in [0, 0.1) is 6.92 Å². The molecular formula is C18H23N5O. The Morgan fingerprint density at radius 2 is 2.08 bits per heavy atom. The Morgan fingerprint density at radius 1 is 1.25 bits per heavy atom. The van der Waals surface area contributed by atoms with E-state index in [2.05, 4.69) is 25.6 Å². The Balaban J connectivity index is 1.64. The van der Waals surface area contributed by atoms with Gasteiger partial charge >= 0.3 is 0 Å². The minimum absolute atomic E-state index is 0.198. The van der Waals surface area contributed by atoms with Gasteiger partial charge in [0.25, 0.3) is 5.91 Å². The maximum Gasteiger partial charge on any atom is 0.270 e. The Morgan fingerprint density at radius 3 is 2.83 bits per heavy atom. The summed E-state index contributed by atoms with van der Waals surface area (Å²) in [6.45, 7) is 2.24. The summed E-state index contributed by atoms with van der Waals surface area (Å²) >= 11 is 0. The minimum atomic E-state index is -0.198. The number of aromatic nitrogens is 3. The molecule has 2 N–H and O–H groups in total. The molecule has 24 heavy (non-hydrogen) atoms. The van der Waals surface area contributed by atoms with Gasteiger partial charge < -0.3 is 10.6 Å². The number of nitrogens with one attached hydrogen (secondary N) is 2. The van der Waals surface area contributed by atoms with Gasteiger partial charge in [0.15, 0.2) is 0 Å². The Bertz CT molecular complexity index is 683. The maximum atomic E-state index is 12.4. The second kappa shape index (κ2) is 7.86. The summed E-state index contributed by atoms with van der Waals surface area (Å²) in [5.41, 5.74) is 1.35. The highest BCUT2D eigenvalue weighted by Gasteiger charge is 2.16. The molecule has 1 amide bonds. The summed E-state index contributed by atoms with van der Waals surface area (Å²) < 4.78 is 0. The van der Waals surface area contributed by atoms with E-state index in [4.69, 9.17) is 0 Å². The van der Waals surface area contributed by atoms with Gasteiger partial charge in [0.1, 0.15) is 17.3 Å². The van der Waals surface area contributed by atoms with Crippen LogP contribution in [0.2, 0.25) is 0 Å². The third-order valence-corrected chi connectivity index (χ3v) is 4.20. The predicted molar refractivity (Wildman–Crippen MR) is 92.7 cm³/mol. The molecule has 2 aromatic heterocycles. The van der Waals surface area contributed by atoms with Crippen LogP contribution in [0.3, 0.4) is 0 Å². The zero-order valence-electron chi connectivity index (χ0n) is 14.0. The van der Waals surface area contributed by atoms with Crippen molar-refractivity contribution < 1.29 is 4.79 Å². The molecule has 3 rings (SSSR count). The third kappa shape index (κ3) is 4.50. The van der Waals surface area contributed by atoms with Crippen LogP contribution in [0.4, 0.5) is 5.82 Å². The fourth-order valence-corrected chi connectivity index (χ4v) is 2.99. The molecule has 1 saturated carbocycles. The maximum absolute atomic E-state index is 12.4. The summed E-state index contributed by atoms with van der Waals surface area (Å²) in [4.78, 5) is 25.1. The molecule has 2 aromatic rings. The number of pyridine rings is 1. The third-order valence-electron chi connectivity index (χ3n) is 4.20. The largest absolute Gasteiger partial charge is 0.367 e. The molecule has 6 heteroatoms. The molecule has 1 fully saturated rings. The minimum Gasteiger partial charge on any atom is -0.367 e. The number of carbonyl (C=O) groups excluding carboxylic acids is 1. The lowest BCUT2D eigenvalue weighted by molar-refractivity contribution is 0.0945. The lowest BCUT2D eigenvalue weighted by atomic mass is 9.95. The van der Waals surface area contributed by atoms with E-state index >= 15 is 0 Å². The number of hydrogen-bond acceptors (Lipinski definition) is 5. The SMILES string of the molecule is Cc1nc(NC2CCCCC2)cc(C(=O)NCc2cccnc2)n1. The highest BCUT2D eigenvalue weighted by Crippen LogP contribution is 2.21. The van der Waals surface area contributed by atoms with E-state index in [0.29, 0.717) is 24.1 Å². The molecule has 0 aromatic carbocycles. The number of rotatable bonds is 5. The zero-order chi connectivity index (χ0) is 16.8. The van der Waals surface area contributed by atoms with Crippen molar-refractivity contribution in [2.75, 3.05) is 5.32 Å². The standard InChI is InChI=1S/C18H23N5O/c1-13-21-16(18(24)20-12-14-6-5-9-19-11-14)10-17(22-13)23-15-7-3-2-4-8-15/h5-6,9-11,15H,2-4,7-8,12H2,1H3,(H,20,24)(H,21,22,23). The van der Waals surface area contributed by atoms with Crippen molar-refractivity contribution in [2.24, 2.45) is 0 Å². The molecule has 0 spiro atoms. The van der Waals surface area contributed by atoms with Crippen LogP contribution in [-0.4, -0.2) is 26.9 Å². The van der Waals surface area contributed by atoms with Gasteiger partial charge in [-0.15, -0.1) is 0 Å². The van der Waals surface area contributed by atoms with E-state index in [-0.39, 0.29) is 5.91 Å². The average Bonchev–Trinajstić information content (AvgIpc) is 2.61. The van der Waals surface area contributed by atoms with Gasteiger partial charge in [0.2, 0.25) is 0 Å². The van der Waals surface area contributed by atoms with Gasteiger partial charge in [-0.1, -0.05) is 25.3 Å². The smallest absolute Gasteiger partial charge is 0.270 e. The quantitative estimate of drug-likeness (QED) is 0.883. The van der Waals surface area contributed by atoms with Gasteiger partial charge in [0.05, 0.1) is 0 Å². The Labute approximate surface area is 142 Å². The van der Waals surface area contributed by atoms with Crippen LogP contribution in [0.5, 0.6) is 0 Å². The zero-order valence-corrected chi connectivity index (χ0v) is 14.0. The van der Waals surface area contributed by atoms with Gasteiger partial charge in [-0.3, -0.25) is 9.78 Å². The highest BCUT2D eigenvalue weighted by molar-refractivity contribution is 5.92. The lowest BCUT2D eigenvalue weighted by Crippen LogP contribution is -2.26. The second-order valence-electron chi connectivity index (χ2n) is 6.21. The molecule has 2 heterocycles. The van der Waals surface area contributed by atoms with Crippen molar-refractivity contribution in [2.45, 2.75) is 51.6 Å². The highest BCUT2D eigenvalue weighted by atomic mass is 16.1. The number of anilines is 1. The van der Waals surface area contributed by atoms with Crippen molar-refractivity contribution in [3.63, 3.8) is 0 Å². The summed E-state index contributed by atoms with van der Waals surface area (Å²) in [6, 6.07) is 5.96. The van der Waals surface area contributed by atoms with Crippen molar-refractivity contribution in [3.8, 4) is 0 Å². The summed E-state index contributed by atoms with van der Waals surface area (Å²) in [5.74, 6) is 1.14. The number of amides is 1. The predicted octanol–water partition coefficient (Wildman–Crippen LogP) is 2.85. The second-order valence-corrected chi connectivity index (χ2v) is 6.21. The van der Waals surface area contributed by atoms with E-state index in [0.717, 1.165) is 24.2 Å². The molecule has 0 unspecified atom stereocenters. The van der Waals surface area contributed by atoms with Gasteiger partial charge in [0, 0.05) is 31.0 Å². The molecule has 0 radical (unpaired) electrons. The molecule has 0 aliphatic heterocycles. The fourth-order valence-electron chi connectivity index (χ4n) is 2.99. The molecular weight excluding hydrogens is 302 g/mol. The molecule has 1 aliphatic carbocycles. The van der Waals surface area contributed by atoms with E-state index < -0.39 is 0 Å². The first kappa shape index (κ1) is 16.4. The number of aryl methyl sites for hydroxylation is 1. The summed E-state index contributed by atoms with van der Waals surface area (Å²) in [7, 11) is 0. The van der Waals surface area contributed by atoms with Crippen molar-refractivity contribution in [1.82, 2.24) is 20.3 Å². The lowest BCUT2D eigenvalue weighted by Gasteiger charge is -2.23. The van der Waals surface area contributed by atoms with Crippen LogP contribution in [0.1, 0.15) is 54.0 Å². The Hall–Kier alpha value is -2.50. The Kier molecular flexibility index (Phi) is 5.36. The summed E-state index contributed by atoms with van der Waals surface area (Å²) in [5, 5.41) is 6.33. The molecule has 6 nitrogen and oxygen atoms in total. The fraction of sp³-hybridized carbons (Fsp3) is 0.444. The van der Waals surface area contributed by atoms with Gasteiger partial charge in [-0.25, -0.2) is 9.97 Å². The molecule has 0 atom stereocenters.